The maximum absolute atomic E-state index is 12.9. The minimum atomic E-state index is -4.31. The molecule has 0 radical (unpaired) electrons. The second-order valence-corrected chi connectivity index (χ2v) is 5.10. The summed E-state index contributed by atoms with van der Waals surface area (Å²) in [4.78, 5) is 0. The first kappa shape index (κ1) is 14.1. The monoisotopic (exact) mass is 285 g/mol. The molecule has 0 spiro atoms. The zero-order chi connectivity index (χ0) is 13.9. The van der Waals surface area contributed by atoms with Crippen LogP contribution < -0.4 is 5.32 Å². The van der Waals surface area contributed by atoms with Gasteiger partial charge in [0, 0.05) is 12.6 Å². The van der Waals surface area contributed by atoms with E-state index in [0.717, 1.165) is 11.6 Å². The second kappa shape index (κ2) is 5.75. The quantitative estimate of drug-likeness (QED) is 0.864. The van der Waals surface area contributed by atoms with Crippen molar-refractivity contribution < 1.29 is 13.2 Å². The Kier molecular flexibility index (Phi) is 4.27. The van der Waals surface area contributed by atoms with Gasteiger partial charge in [0.15, 0.2) is 0 Å². The Morgan fingerprint density at radius 3 is 2.58 bits per heavy atom. The van der Waals surface area contributed by atoms with E-state index < -0.39 is 11.7 Å². The summed E-state index contributed by atoms with van der Waals surface area (Å²) in [5.74, 6) is 0. The van der Waals surface area contributed by atoms with Gasteiger partial charge in [-0.05, 0) is 40.9 Å². The molecule has 19 heavy (non-hydrogen) atoms. The standard InChI is InChI=1S/C14H14F3NS/c1-10(18-8-11-6-7-19-9-11)12-4-2-3-5-13(12)14(15,16)17/h2-7,9-10,18H,8H2,1H3. The number of nitrogens with one attached hydrogen (secondary N) is 1. The third-order valence-corrected chi connectivity index (χ3v) is 3.66. The fourth-order valence-corrected chi connectivity index (χ4v) is 2.58. The van der Waals surface area contributed by atoms with Crippen LogP contribution in [0.1, 0.15) is 29.7 Å². The van der Waals surface area contributed by atoms with Crippen molar-refractivity contribution in [3.8, 4) is 0 Å². The van der Waals surface area contributed by atoms with E-state index in [9.17, 15) is 13.2 Å². The van der Waals surface area contributed by atoms with Gasteiger partial charge in [-0.15, -0.1) is 0 Å². The van der Waals surface area contributed by atoms with E-state index in [1.54, 1.807) is 24.3 Å². The molecule has 0 bridgehead atoms. The van der Waals surface area contributed by atoms with E-state index in [1.165, 1.54) is 12.1 Å². The number of benzene rings is 1. The summed E-state index contributed by atoms with van der Waals surface area (Å²) in [6.07, 6.45) is -4.31. The predicted octanol–water partition coefficient (Wildman–Crippen LogP) is 4.62. The lowest BCUT2D eigenvalue weighted by Crippen LogP contribution is -2.21. The summed E-state index contributed by atoms with van der Waals surface area (Å²) >= 11 is 1.57. The van der Waals surface area contributed by atoms with Crippen LogP contribution in [0.3, 0.4) is 0 Å². The fraction of sp³-hybridized carbons (Fsp3) is 0.286. The molecule has 0 fully saturated rings. The van der Waals surface area contributed by atoms with E-state index in [1.807, 2.05) is 16.8 Å². The molecule has 0 aliphatic rings. The average molecular weight is 285 g/mol. The molecule has 1 aromatic heterocycles. The summed E-state index contributed by atoms with van der Waals surface area (Å²) in [5, 5.41) is 7.05. The van der Waals surface area contributed by atoms with Gasteiger partial charge in [0.2, 0.25) is 0 Å². The van der Waals surface area contributed by atoms with Crippen LogP contribution in [-0.4, -0.2) is 0 Å². The highest BCUT2D eigenvalue weighted by Gasteiger charge is 2.33. The highest BCUT2D eigenvalue weighted by molar-refractivity contribution is 7.07. The van der Waals surface area contributed by atoms with E-state index in [-0.39, 0.29) is 11.6 Å². The van der Waals surface area contributed by atoms with Crippen LogP contribution in [0.5, 0.6) is 0 Å². The lowest BCUT2D eigenvalue weighted by Gasteiger charge is -2.19. The molecule has 0 saturated carbocycles. The summed E-state index contributed by atoms with van der Waals surface area (Å²) < 4.78 is 38.7. The molecular formula is C14H14F3NS. The van der Waals surface area contributed by atoms with E-state index in [2.05, 4.69) is 5.32 Å². The molecule has 1 aromatic carbocycles. The number of halogens is 3. The molecule has 0 aliphatic heterocycles. The first-order valence-corrected chi connectivity index (χ1v) is 6.83. The van der Waals surface area contributed by atoms with Crippen molar-refractivity contribution in [2.24, 2.45) is 0 Å². The van der Waals surface area contributed by atoms with Gasteiger partial charge >= 0.3 is 6.18 Å². The van der Waals surface area contributed by atoms with Gasteiger partial charge in [-0.3, -0.25) is 0 Å². The SMILES string of the molecule is CC(NCc1ccsc1)c1ccccc1C(F)(F)F. The Balaban J connectivity index is 2.12. The zero-order valence-electron chi connectivity index (χ0n) is 10.4. The molecule has 2 aromatic rings. The van der Waals surface area contributed by atoms with Gasteiger partial charge in [-0.2, -0.15) is 24.5 Å². The average Bonchev–Trinajstić information content (AvgIpc) is 2.88. The summed E-state index contributed by atoms with van der Waals surface area (Å²) in [6.45, 7) is 2.31. The number of hydrogen-bond acceptors (Lipinski definition) is 2. The fourth-order valence-electron chi connectivity index (χ4n) is 1.91. The molecule has 0 saturated heterocycles. The minimum Gasteiger partial charge on any atom is -0.306 e. The zero-order valence-corrected chi connectivity index (χ0v) is 11.2. The van der Waals surface area contributed by atoms with Crippen molar-refractivity contribution >= 4 is 11.3 Å². The molecule has 0 aliphatic carbocycles. The van der Waals surface area contributed by atoms with Crippen LogP contribution in [0, 0.1) is 0 Å². The van der Waals surface area contributed by atoms with E-state index in [0.29, 0.717) is 6.54 Å². The molecule has 102 valence electrons. The molecule has 1 unspecified atom stereocenters. The van der Waals surface area contributed by atoms with Crippen molar-refractivity contribution in [3.63, 3.8) is 0 Å². The van der Waals surface area contributed by atoms with Crippen LogP contribution in [0.4, 0.5) is 13.2 Å². The second-order valence-electron chi connectivity index (χ2n) is 4.32. The van der Waals surface area contributed by atoms with Crippen molar-refractivity contribution in [3.05, 3.63) is 57.8 Å². The number of hydrogen-bond donors (Lipinski definition) is 1. The first-order chi connectivity index (χ1) is 8.98. The Morgan fingerprint density at radius 2 is 1.95 bits per heavy atom. The number of thiophene rings is 1. The maximum atomic E-state index is 12.9. The Labute approximate surface area is 114 Å². The highest BCUT2D eigenvalue weighted by Crippen LogP contribution is 2.34. The van der Waals surface area contributed by atoms with Gasteiger partial charge in [0.25, 0.3) is 0 Å². The van der Waals surface area contributed by atoms with Crippen molar-refractivity contribution in [2.75, 3.05) is 0 Å². The van der Waals surface area contributed by atoms with Crippen molar-refractivity contribution in [2.45, 2.75) is 25.7 Å². The normalized spacial score (nSPS) is 13.5. The molecule has 1 heterocycles. The largest absolute Gasteiger partial charge is 0.416 e. The molecule has 2 rings (SSSR count). The number of alkyl halides is 3. The van der Waals surface area contributed by atoms with Crippen LogP contribution in [0.2, 0.25) is 0 Å². The Hall–Kier alpha value is -1.33. The lowest BCUT2D eigenvalue weighted by atomic mass is 10.0. The molecular weight excluding hydrogens is 271 g/mol. The molecule has 1 atom stereocenters. The third-order valence-electron chi connectivity index (χ3n) is 2.93. The smallest absolute Gasteiger partial charge is 0.306 e. The van der Waals surface area contributed by atoms with Gasteiger partial charge in [0.1, 0.15) is 0 Å². The van der Waals surface area contributed by atoms with Crippen LogP contribution in [0.25, 0.3) is 0 Å². The molecule has 0 amide bonds. The summed E-state index contributed by atoms with van der Waals surface area (Å²) in [7, 11) is 0. The molecule has 5 heteroatoms. The van der Waals surface area contributed by atoms with E-state index in [4.69, 9.17) is 0 Å². The Bertz CT molecular complexity index is 520. The third kappa shape index (κ3) is 3.58. The minimum absolute atomic E-state index is 0.283. The molecule has 1 N–H and O–H groups in total. The van der Waals surface area contributed by atoms with E-state index >= 15 is 0 Å². The van der Waals surface area contributed by atoms with Crippen molar-refractivity contribution in [1.82, 2.24) is 5.32 Å². The molecule has 1 nitrogen and oxygen atoms in total. The Morgan fingerprint density at radius 1 is 1.21 bits per heavy atom. The van der Waals surface area contributed by atoms with Gasteiger partial charge in [-0.1, -0.05) is 18.2 Å². The van der Waals surface area contributed by atoms with Gasteiger partial charge < -0.3 is 5.32 Å². The van der Waals surface area contributed by atoms with Crippen LogP contribution in [-0.2, 0) is 12.7 Å². The van der Waals surface area contributed by atoms with Crippen LogP contribution >= 0.6 is 11.3 Å². The number of rotatable bonds is 4. The predicted molar refractivity (Wildman–Crippen MR) is 71.0 cm³/mol. The summed E-state index contributed by atoms with van der Waals surface area (Å²) in [6, 6.07) is 7.30. The highest BCUT2D eigenvalue weighted by atomic mass is 32.1. The topological polar surface area (TPSA) is 12.0 Å². The lowest BCUT2D eigenvalue weighted by molar-refractivity contribution is -0.138. The van der Waals surface area contributed by atoms with Gasteiger partial charge in [0.05, 0.1) is 5.56 Å². The maximum Gasteiger partial charge on any atom is 0.416 e. The van der Waals surface area contributed by atoms with Crippen molar-refractivity contribution in [1.29, 1.82) is 0 Å². The van der Waals surface area contributed by atoms with Crippen LogP contribution in [0.15, 0.2) is 41.1 Å². The van der Waals surface area contributed by atoms with Gasteiger partial charge in [-0.25, -0.2) is 0 Å². The summed E-state index contributed by atoms with van der Waals surface area (Å²) in [5.41, 5.74) is 0.798. The first-order valence-electron chi connectivity index (χ1n) is 5.89.